The molecule has 0 spiro atoms. The largest absolute Gasteiger partial charge is 0.493 e. The highest BCUT2D eigenvalue weighted by Gasteiger charge is 2.35. The van der Waals surface area contributed by atoms with Gasteiger partial charge in [0.15, 0.2) is 16.6 Å². The first-order valence-corrected chi connectivity index (χ1v) is 10.5. The third-order valence-corrected chi connectivity index (χ3v) is 4.96. The molecule has 0 unspecified atom stereocenters. The number of halogens is 3. The van der Waals surface area contributed by atoms with E-state index in [2.05, 4.69) is 20.7 Å². The summed E-state index contributed by atoms with van der Waals surface area (Å²) in [5, 5.41) is 8.28. The highest BCUT2D eigenvalue weighted by Crippen LogP contribution is 2.30. The molecule has 1 atom stereocenters. The van der Waals surface area contributed by atoms with Crippen molar-refractivity contribution in [2.75, 3.05) is 26.6 Å². The summed E-state index contributed by atoms with van der Waals surface area (Å²) < 4.78 is 13.1. The van der Waals surface area contributed by atoms with Crippen molar-refractivity contribution in [2.45, 2.75) is 9.96 Å². The first-order valence-electron chi connectivity index (χ1n) is 8.94. The molecular formula is C20H20Cl3N3O5S. The lowest BCUT2D eigenvalue weighted by atomic mass is 10.2. The van der Waals surface area contributed by atoms with Crippen LogP contribution in [0.25, 0.3) is 0 Å². The lowest BCUT2D eigenvalue weighted by molar-refractivity contribution is 0.0600. The van der Waals surface area contributed by atoms with E-state index in [1.165, 1.54) is 33.5 Å². The van der Waals surface area contributed by atoms with Crippen molar-refractivity contribution >= 4 is 69.7 Å². The SMILES string of the molecule is COC(=O)c1ccc(NC(=S)N[C@@H](NC(=O)c2ccc(OC)c(OC)c2)C(Cl)(Cl)Cl)cc1. The number of benzene rings is 2. The smallest absolute Gasteiger partial charge is 0.337 e. The van der Waals surface area contributed by atoms with Gasteiger partial charge in [0, 0.05) is 11.3 Å². The monoisotopic (exact) mass is 519 g/mol. The van der Waals surface area contributed by atoms with Gasteiger partial charge in [-0.3, -0.25) is 4.79 Å². The van der Waals surface area contributed by atoms with Crippen LogP contribution < -0.4 is 25.4 Å². The number of hydrogen-bond donors (Lipinski definition) is 3. The van der Waals surface area contributed by atoms with Crippen molar-refractivity contribution in [1.29, 1.82) is 0 Å². The summed E-state index contributed by atoms with van der Waals surface area (Å²) in [6.45, 7) is 0. The number of hydrogen-bond acceptors (Lipinski definition) is 6. The van der Waals surface area contributed by atoms with Gasteiger partial charge in [0.25, 0.3) is 5.91 Å². The molecule has 0 heterocycles. The molecule has 0 saturated heterocycles. The zero-order chi connectivity index (χ0) is 23.9. The topological polar surface area (TPSA) is 97.9 Å². The second kappa shape index (κ2) is 11.4. The summed E-state index contributed by atoms with van der Waals surface area (Å²) in [5.74, 6) is -0.179. The molecular weight excluding hydrogens is 501 g/mol. The number of nitrogens with one attached hydrogen (secondary N) is 3. The molecule has 3 N–H and O–H groups in total. The Kier molecular flexibility index (Phi) is 9.21. The van der Waals surface area contributed by atoms with Crippen LogP contribution in [0.2, 0.25) is 0 Å². The average Bonchev–Trinajstić information content (AvgIpc) is 2.77. The minimum Gasteiger partial charge on any atom is -0.493 e. The standard InChI is InChI=1S/C20H20Cl3N3O5S/c1-29-14-9-6-12(10-15(14)30-2)16(27)25-18(20(21,22)23)26-19(32)24-13-7-4-11(5-8-13)17(28)31-3/h4-10,18H,1-3H3,(H,25,27)(H2,24,26,32)/t18-/m1/s1. The Morgan fingerprint density at radius 1 is 0.906 bits per heavy atom. The number of amides is 1. The minimum absolute atomic E-state index is 0.0692. The van der Waals surface area contributed by atoms with Gasteiger partial charge in [0.05, 0.1) is 26.9 Å². The molecule has 32 heavy (non-hydrogen) atoms. The molecule has 12 heteroatoms. The molecule has 0 aliphatic heterocycles. The Hall–Kier alpha value is -2.46. The van der Waals surface area contributed by atoms with Crippen LogP contribution in [0.1, 0.15) is 20.7 Å². The van der Waals surface area contributed by atoms with E-state index < -0.39 is 21.8 Å². The van der Waals surface area contributed by atoms with E-state index in [-0.39, 0.29) is 10.7 Å². The van der Waals surface area contributed by atoms with Crippen LogP contribution in [0.4, 0.5) is 5.69 Å². The summed E-state index contributed by atoms with van der Waals surface area (Å²) in [5.41, 5.74) is 1.18. The second-order valence-electron chi connectivity index (χ2n) is 6.19. The molecule has 0 aliphatic rings. The van der Waals surface area contributed by atoms with E-state index in [4.69, 9.17) is 56.5 Å². The number of ether oxygens (including phenoxy) is 3. The van der Waals surface area contributed by atoms with Crippen molar-refractivity contribution in [3.63, 3.8) is 0 Å². The molecule has 172 valence electrons. The van der Waals surface area contributed by atoms with E-state index in [0.717, 1.165) is 0 Å². The summed E-state index contributed by atoms with van der Waals surface area (Å²) >= 11 is 23.3. The molecule has 0 saturated carbocycles. The van der Waals surface area contributed by atoms with Crippen LogP contribution in [-0.2, 0) is 4.74 Å². The third kappa shape index (κ3) is 7.03. The number of thiocarbonyl (C=S) groups is 1. The van der Waals surface area contributed by atoms with Crippen LogP contribution in [0, 0.1) is 0 Å². The van der Waals surface area contributed by atoms with Gasteiger partial charge in [0.1, 0.15) is 6.17 Å². The van der Waals surface area contributed by atoms with Gasteiger partial charge in [-0.15, -0.1) is 0 Å². The Labute approximate surface area is 205 Å². The van der Waals surface area contributed by atoms with E-state index in [0.29, 0.717) is 22.7 Å². The van der Waals surface area contributed by atoms with Crippen molar-refractivity contribution in [2.24, 2.45) is 0 Å². The number of carbonyl (C=O) groups excluding carboxylic acids is 2. The predicted molar refractivity (Wildman–Crippen MR) is 128 cm³/mol. The number of rotatable bonds is 7. The van der Waals surface area contributed by atoms with Gasteiger partial charge < -0.3 is 30.2 Å². The Balaban J connectivity index is 2.09. The molecule has 8 nitrogen and oxygen atoms in total. The average molecular weight is 521 g/mol. The third-order valence-electron chi connectivity index (χ3n) is 4.09. The van der Waals surface area contributed by atoms with Gasteiger partial charge in [-0.2, -0.15) is 0 Å². The fraction of sp³-hybridized carbons (Fsp3) is 0.250. The zero-order valence-electron chi connectivity index (χ0n) is 17.2. The highest BCUT2D eigenvalue weighted by atomic mass is 35.6. The minimum atomic E-state index is -1.94. The quantitative estimate of drug-likeness (QED) is 0.219. The summed E-state index contributed by atoms with van der Waals surface area (Å²) in [6, 6.07) is 11.0. The molecule has 0 fully saturated rings. The van der Waals surface area contributed by atoms with Gasteiger partial charge in [-0.1, -0.05) is 34.8 Å². The van der Waals surface area contributed by atoms with E-state index in [1.54, 1.807) is 30.3 Å². The molecule has 0 aliphatic carbocycles. The highest BCUT2D eigenvalue weighted by molar-refractivity contribution is 7.80. The molecule has 0 aromatic heterocycles. The van der Waals surface area contributed by atoms with E-state index >= 15 is 0 Å². The number of carbonyl (C=O) groups is 2. The molecule has 0 bridgehead atoms. The molecule has 2 rings (SSSR count). The molecule has 2 aromatic rings. The second-order valence-corrected chi connectivity index (χ2v) is 8.96. The Morgan fingerprint density at radius 3 is 2.03 bits per heavy atom. The van der Waals surface area contributed by atoms with Crippen LogP contribution in [0.5, 0.6) is 11.5 Å². The summed E-state index contributed by atoms with van der Waals surface area (Å²) in [7, 11) is 4.23. The maximum Gasteiger partial charge on any atom is 0.337 e. The summed E-state index contributed by atoms with van der Waals surface area (Å²) in [4.78, 5) is 24.2. The maximum atomic E-state index is 12.7. The number of alkyl halides is 3. The first kappa shape index (κ1) is 25.8. The summed E-state index contributed by atoms with van der Waals surface area (Å²) in [6.07, 6.45) is -1.18. The van der Waals surface area contributed by atoms with Gasteiger partial charge >= 0.3 is 5.97 Å². The van der Waals surface area contributed by atoms with Crippen LogP contribution >= 0.6 is 47.0 Å². The van der Waals surface area contributed by atoms with Crippen molar-refractivity contribution in [3.05, 3.63) is 53.6 Å². The zero-order valence-corrected chi connectivity index (χ0v) is 20.3. The fourth-order valence-corrected chi connectivity index (χ4v) is 3.06. The fourth-order valence-electron chi connectivity index (χ4n) is 2.50. The van der Waals surface area contributed by atoms with Gasteiger partial charge in [-0.25, -0.2) is 4.79 Å². The van der Waals surface area contributed by atoms with Gasteiger partial charge in [-0.05, 0) is 54.7 Å². The molecule has 1 amide bonds. The Bertz CT molecular complexity index is 983. The molecule has 0 radical (unpaired) electrons. The normalized spacial score (nSPS) is 11.7. The predicted octanol–water partition coefficient (Wildman–Crippen LogP) is 3.90. The number of methoxy groups -OCH3 is 3. The first-order chi connectivity index (χ1) is 15.1. The van der Waals surface area contributed by atoms with Crippen LogP contribution in [0.3, 0.4) is 0 Å². The van der Waals surface area contributed by atoms with Crippen molar-refractivity contribution in [3.8, 4) is 11.5 Å². The van der Waals surface area contributed by atoms with Gasteiger partial charge in [0.2, 0.25) is 3.79 Å². The molecule has 2 aromatic carbocycles. The Morgan fingerprint density at radius 2 is 1.50 bits per heavy atom. The number of esters is 1. The number of anilines is 1. The van der Waals surface area contributed by atoms with E-state index in [1.807, 2.05) is 0 Å². The van der Waals surface area contributed by atoms with Crippen LogP contribution in [0.15, 0.2) is 42.5 Å². The van der Waals surface area contributed by atoms with Crippen molar-refractivity contribution in [1.82, 2.24) is 10.6 Å². The maximum absolute atomic E-state index is 12.7. The lowest BCUT2D eigenvalue weighted by Crippen LogP contribution is -2.56. The van der Waals surface area contributed by atoms with E-state index in [9.17, 15) is 9.59 Å². The van der Waals surface area contributed by atoms with Crippen molar-refractivity contribution < 1.29 is 23.8 Å². The van der Waals surface area contributed by atoms with Crippen LogP contribution in [-0.4, -0.2) is 48.3 Å². The lowest BCUT2D eigenvalue weighted by Gasteiger charge is -2.28.